The van der Waals surface area contributed by atoms with Crippen LogP contribution >= 0.6 is 11.3 Å². The molecule has 20 heavy (non-hydrogen) atoms. The summed E-state index contributed by atoms with van der Waals surface area (Å²) >= 11 is 1.72. The summed E-state index contributed by atoms with van der Waals surface area (Å²) in [5, 5.41) is 11.5. The Labute approximate surface area is 124 Å². The van der Waals surface area contributed by atoms with Gasteiger partial charge in [0, 0.05) is 23.8 Å². The van der Waals surface area contributed by atoms with E-state index in [9.17, 15) is 0 Å². The number of nitrogens with zero attached hydrogens (tertiary/aromatic N) is 3. The minimum Gasteiger partial charge on any atom is -0.302 e. The quantitative estimate of drug-likeness (QED) is 0.914. The van der Waals surface area contributed by atoms with Crippen molar-refractivity contribution in [3.05, 3.63) is 34.0 Å². The van der Waals surface area contributed by atoms with Gasteiger partial charge in [0.2, 0.25) is 0 Å². The maximum Gasteiger partial charge on any atom is 0.110 e. The third kappa shape index (κ3) is 3.10. The average Bonchev–Trinajstić information content (AvgIpc) is 3.16. The Balaban J connectivity index is 1.55. The summed E-state index contributed by atoms with van der Waals surface area (Å²) in [5.74, 6) is 0. The molecule has 0 amide bonds. The van der Waals surface area contributed by atoms with Crippen molar-refractivity contribution in [2.75, 3.05) is 0 Å². The predicted octanol–water partition coefficient (Wildman–Crippen LogP) is 3.61. The number of nitrogens with one attached hydrogen (secondary N) is 1. The maximum atomic E-state index is 4.70. The zero-order chi connectivity index (χ0) is 13.9. The maximum absolute atomic E-state index is 4.70. The van der Waals surface area contributed by atoms with Gasteiger partial charge >= 0.3 is 0 Å². The van der Waals surface area contributed by atoms with E-state index in [-0.39, 0.29) is 6.04 Å². The molecule has 4 nitrogen and oxygen atoms in total. The fourth-order valence-corrected chi connectivity index (χ4v) is 3.59. The van der Waals surface area contributed by atoms with Crippen molar-refractivity contribution < 1.29 is 0 Å². The van der Waals surface area contributed by atoms with Crippen LogP contribution in [0.3, 0.4) is 0 Å². The number of rotatable bonds is 5. The molecule has 1 atom stereocenters. The highest BCUT2D eigenvalue weighted by Gasteiger charge is 2.17. The van der Waals surface area contributed by atoms with Gasteiger partial charge in [0.25, 0.3) is 0 Å². The molecule has 0 bridgehead atoms. The minimum absolute atomic E-state index is 0.283. The molecule has 1 N–H and O–H groups in total. The van der Waals surface area contributed by atoms with E-state index in [0.29, 0.717) is 6.04 Å². The Bertz CT molecular complexity index is 554. The standard InChI is InChI=1S/C15H22N4S/c1-11-10-20-15(17-11)12(2)16-9-13-7-8-19(18-13)14-5-3-4-6-14/h7-8,10,12,14,16H,3-6,9H2,1-2H3. The summed E-state index contributed by atoms with van der Waals surface area (Å²) in [5.41, 5.74) is 2.22. The summed E-state index contributed by atoms with van der Waals surface area (Å²) in [6.07, 6.45) is 7.38. The lowest BCUT2D eigenvalue weighted by molar-refractivity contribution is 0.458. The van der Waals surface area contributed by atoms with E-state index >= 15 is 0 Å². The summed E-state index contributed by atoms with van der Waals surface area (Å²) < 4.78 is 2.15. The normalized spacial score (nSPS) is 17.7. The first-order valence-corrected chi connectivity index (χ1v) is 8.30. The van der Waals surface area contributed by atoms with E-state index in [1.165, 1.54) is 25.7 Å². The topological polar surface area (TPSA) is 42.7 Å². The van der Waals surface area contributed by atoms with Gasteiger partial charge in [-0.3, -0.25) is 4.68 Å². The highest BCUT2D eigenvalue weighted by Crippen LogP contribution is 2.28. The van der Waals surface area contributed by atoms with Crippen molar-refractivity contribution in [2.24, 2.45) is 0 Å². The number of thiazole rings is 1. The Hall–Kier alpha value is -1.20. The van der Waals surface area contributed by atoms with E-state index in [2.05, 4.69) is 39.5 Å². The lowest BCUT2D eigenvalue weighted by Gasteiger charge is -2.11. The van der Waals surface area contributed by atoms with Gasteiger partial charge in [-0.1, -0.05) is 12.8 Å². The number of hydrogen-bond acceptors (Lipinski definition) is 4. The monoisotopic (exact) mass is 290 g/mol. The Morgan fingerprint density at radius 3 is 2.95 bits per heavy atom. The first kappa shape index (κ1) is 13.8. The fraction of sp³-hybridized carbons (Fsp3) is 0.600. The van der Waals surface area contributed by atoms with Crippen LogP contribution < -0.4 is 5.32 Å². The number of aromatic nitrogens is 3. The van der Waals surface area contributed by atoms with Crippen molar-refractivity contribution in [3.63, 3.8) is 0 Å². The molecule has 2 aromatic heterocycles. The average molecular weight is 290 g/mol. The fourth-order valence-electron chi connectivity index (χ4n) is 2.76. The van der Waals surface area contributed by atoms with E-state index in [4.69, 9.17) is 5.10 Å². The molecule has 0 aliphatic heterocycles. The molecule has 0 saturated heterocycles. The van der Waals surface area contributed by atoms with Crippen LogP contribution in [-0.4, -0.2) is 14.8 Å². The zero-order valence-corrected chi connectivity index (χ0v) is 13.0. The molecular formula is C15H22N4S. The second kappa shape index (κ2) is 6.06. The van der Waals surface area contributed by atoms with Gasteiger partial charge in [-0.05, 0) is 32.8 Å². The summed E-state index contributed by atoms with van der Waals surface area (Å²) in [6.45, 7) is 5.00. The van der Waals surface area contributed by atoms with E-state index in [1.807, 2.05) is 6.92 Å². The van der Waals surface area contributed by atoms with E-state index < -0.39 is 0 Å². The molecule has 108 valence electrons. The highest BCUT2D eigenvalue weighted by molar-refractivity contribution is 7.09. The molecular weight excluding hydrogens is 268 g/mol. The van der Waals surface area contributed by atoms with Crippen LogP contribution in [0.5, 0.6) is 0 Å². The third-order valence-electron chi connectivity index (χ3n) is 3.96. The molecule has 1 aliphatic rings. The number of aryl methyl sites for hydroxylation is 1. The van der Waals surface area contributed by atoms with Crippen molar-refractivity contribution in [1.82, 2.24) is 20.1 Å². The van der Waals surface area contributed by atoms with Gasteiger partial charge in [0.15, 0.2) is 0 Å². The summed E-state index contributed by atoms with van der Waals surface area (Å²) in [7, 11) is 0. The van der Waals surface area contributed by atoms with E-state index in [1.54, 1.807) is 11.3 Å². The lowest BCUT2D eigenvalue weighted by Crippen LogP contribution is -2.18. The minimum atomic E-state index is 0.283. The van der Waals surface area contributed by atoms with Crippen LogP contribution in [0.25, 0.3) is 0 Å². The third-order valence-corrected chi connectivity index (χ3v) is 5.10. The van der Waals surface area contributed by atoms with Crippen LogP contribution in [0.2, 0.25) is 0 Å². The Morgan fingerprint density at radius 2 is 2.25 bits per heavy atom. The van der Waals surface area contributed by atoms with Crippen LogP contribution in [0.4, 0.5) is 0 Å². The van der Waals surface area contributed by atoms with E-state index in [0.717, 1.165) is 22.9 Å². The number of hydrogen-bond donors (Lipinski definition) is 1. The molecule has 2 heterocycles. The van der Waals surface area contributed by atoms with Crippen molar-refractivity contribution in [1.29, 1.82) is 0 Å². The van der Waals surface area contributed by atoms with Gasteiger partial charge < -0.3 is 5.32 Å². The van der Waals surface area contributed by atoms with Crippen molar-refractivity contribution in [3.8, 4) is 0 Å². The Kier molecular flexibility index (Phi) is 4.17. The molecule has 0 spiro atoms. The van der Waals surface area contributed by atoms with Gasteiger partial charge in [-0.15, -0.1) is 11.3 Å². The molecule has 1 saturated carbocycles. The van der Waals surface area contributed by atoms with Gasteiger partial charge in [0.05, 0.1) is 17.8 Å². The second-order valence-electron chi connectivity index (χ2n) is 5.66. The highest BCUT2D eigenvalue weighted by atomic mass is 32.1. The van der Waals surface area contributed by atoms with Crippen molar-refractivity contribution in [2.45, 2.75) is 58.2 Å². The first-order valence-electron chi connectivity index (χ1n) is 7.42. The van der Waals surface area contributed by atoms with Gasteiger partial charge in [-0.25, -0.2) is 4.98 Å². The van der Waals surface area contributed by atoms with Crippen LogP contribution in [0.1, 0.15) is 61.1 Å². The zero-order valence-electron chi connectivity index (χ0n) is 12.2. The molecule has 3 rings (SSSR count). The smallest absolute Gasteiger partial charge is 0.110 e. The molecule has 1 unspecified atom stereocenters. The molecule has 1 aliphatic carbocycles. The van der Waals surface area contributed by atoms with Crippen molar-refractivity contribution >= 4 is 11.3 Å². The molecule has 0 aromatic carbocycles. The van der Waals surface area contributed by atoms with Crippen LogP contribution in [0.15, 0.2) is 17.6 Å². The van der Waals surface area contributed by atoms with Crippen LogP contribution in [-0.2, 0) is 6.54 Å². The molecule has 5 heteroatoms. The lowest BCUT2D eigenvalue weighted by atomic mass is 10.3. The predicted molar refractivity (Wildman–Crippen MR) is 81.8 cm³/mol. The first-order chi connectivity index (χ1) is 9.72. The van der Waals surface area contributed by atoms with Crippen LogP contribution in [0, 0.1) is 6.92 Å². The van der Waals surface area contributed by atoms with Gasteiger partial charge in [0.1, 0.15) is 5.01 Å². The summed E-state index contributed by atoms with van der Waals surface area (Å²) in [6, 6.07) is 3.04. The molecule has 2 aromatic rings. The largest absolute Gasteiger partial charge is 0.302 e. The Morgan fingerprint density at radius 1 is 1.45 bits per heavy atom. The summed E-state index contributed by atoms with van der Waals surface area (Å²) in [4.78, 5) is 4.52. The van der Waals surface area contributed by atoms with Gasteiger partial charge in [-0.2, -0.15) is 5.10 Å². The second-order valence-corrected chi connectivity index (χ2v) is 6.54. The SMILES string of the molecule is Cc1csc(C(C)NCc2ccn(C3CCCC3)n2)n1. The molecule has 1 fully saturated rings. The molecule has 0 radical (unpaired) electrons.